The highest BCUT2D eigenvalue weighted by Crippen LogP contribution is 2.13. The first-order valence-electron chi connectivity index (χ1n) is 3.67. The van der Waals surface area contributed by atoms with Crippen LogP contribution in [0.4, 0.5) is 0 Å². The first-order valence-corrected chi connectivity index (χ1v) is 4.05. The lowest BCUT2D eigenvalue weighted by Crippen LogP contribution is -2.24. The van der Waals surface area contributed by atoms with Crippen LogP contribution in [0.1, 0.15) is 18.7 Å². The first kappa shape index (κ1) is 9.45. The van der Waals surface area contributed by atoms with Gasteiger partial charge in [0, 0.05) is 0 Å². The highest BCUT2D eigenvalue weighted by molar-refractivity contribution is 6.29. The van der Waals surface area contributed by atoms with Gasteiger partial charge in [-0.3, -0.25) is 0 Å². The summed E-state index contributed by atoms with van der Waals surface area (Å²) in [7, 11) is 0. The van der Waals surface area contributed by atoms with Crippen LogP contribution in [0.25, 0.3) is 0 Å². The lowest BCUT2D eigenvalue weighted by molar-refractivity contribution is 0.162. The molecular weight excluding hydrogens is 176 g/mol. The fourth-order valence-electron chi connectivity index (χ4n) is 0.857. The molecule has 0 aliphatic heterocycles. The minimum absolute atomic E-state index is 0.392. The summed E-state index contributed by atoms with van der Waals surface area (Å²) in [5.74, 6) is 0. The van der Waals surface area contributed by atoms with Crippen molar-refractivity contribution in [1.29, 1.82) is 0 Å². The van der Waals surface area contributed by atoms with Gasteiger partial charge >= 0.3 is 0 Å². The Hall–Kier alpha value is -0.640. The van der Waals surface area contributed by atoms with Gasteiger partial charge in [0.05, 0.1) is 17.8 Å². The van der Waals surface area contributed by atoms with E-state index in [0.717, 1.165) is 0 Å². The summed E-state index contributed by atoms with van der Waals surface area (Å²) in [6.07, 6.45) is -0.615. The molecule has 0 radical (unpaired) electrons. The smallest absolute Gasteiger partial charge is 0.129 e. The Morgan fingerprint density at radius 1 is 1.58 bits per heavy atom. The molecule has 66 valence electrons. The highest BCUT2D eigenvalue weighted by Gasteiger charge is 2.12. The predicted octanol–water partition coefficient (Wildman–Crippen LogP) is 1.12. The van der Waals surface area contributed by atoms with Gasteiger partial charge in [0.2, 0.25) is 0 Å². The third-order valence-electron chi connectivity index (χ3n) is 1.60. The molecule has 0 aromatic carbocycles. The van der Waals surface area contributed by atoms with Crippen LogP contribution in [0.2, 0.25) is 5.15 Å². The van der Waals surface area contributed by atoms with Crippen molar-refractivity contribution >= 4 is 11.6 Å². The second-order valence-electron chi connectivity index (χ2n) is 2.65. The van der Waals surface area contributed by atoms with Crippen LogP contribution in [0.3, 0.4) is 0 Å². The molecule has 0 fully saturated rings. The van der Waals surface area contributed by atoms with Crippen LogP contribution in [-0.2, 0) is 0 Å². The van der Waals surface area contributed by atoms with Gasteiger partial charge in [0.1, 0.15) is 5.15 Å². The summed E-state index contributed by atoms with van der Waals surface area (Å²) in [5.41, 5.74) is 6.24. The molecule has 0 amide bonds. The second-order valence-corrected chi connectivity index (χ2v) is 3.04. The van der Waals surface area contributed by atoms with Gasteiger partial charge < -0.3 is 10.8 Å². The van der Waals surface area contributed by atoms with Gasteiger partial charge in [0.25, 0.3) is 0 Å². The molecule has 0 unspecified atom stereocenters. The van der Waals surface area contributed by atoms with E-state index in [0.29, 0.717) is 10.8 Å². The number of nitrogens with zero attached hydrogens (tertiary/aromatic N) is 1. The van der Waals surface area contributed by atoms with Crippen molar-refractivity contribution in [3.8, 4) is 0 Å². The highest BCUT2D eigenvalue weighted by atomic mass is 35.5. The standard InChI is InChI=1S/C8H11ClN2O/c1-5(12)8(10)6-3-2-4-7(9)11-6/h2-5,8,12H,10H2,1H3/t5-,8+/m0/s1. The number of aliphatic hydroxyl groups excluding tert-OH is 1. The summed E-state index contributed by atoms with van der Waals surface area (Å²) in [4.78, 5) is 3.97. The van der Waals surface area contributed by atoms with E-state index in [-0.39, 0.29) is 0 Å². The van der Waals surface area contributed by atoms with E-state index in [2.05, 4.69) is 4.98 Å². The zero-order valence-corrected chi connectivity index (χ0v) is 7.49. The number of nitrogens with two attached hydrogens (primary N) is 1. The summed E-state index contributed by atoms with van der Waals surface area (Å²) in [6.45, 7) is 1.62. The quantitative estimate of drug-likeness (QED) is 0.681. The number of aromatic nitrogens is 1. The zero-order valence-electron chi connectivity index (χ0n) is 6.74. The summed E-state index contributed by atoms with van der Waals surface area (Å²) < 4.78 is 0. The summed E-state index contributed by atoms with van der Waals surface area (Å²) >= 11 is 5.65. The van der Waals surface area contributed by atoms with Crippen LogP contribution in [-0.4, -0.2) is 16.2 Å². The molecule has 1 aromatic heterocycles. The van der Waals surface area contributed by atoms with E-state index in [4.69, 9.17) is 22.4 Å². The number of hydrogen-bond acceptors (Lipinski definition) is 3. The van der Waals surface area contributed by atoms with E-state index < -0.39 is 12.1 Å². The fourth-order valence-corrected chi connectivity index (χ4v) is 1.03. The van der Waals surface area contributed by atoms with Crippen LogP contribution in [0, 0.1) is 0 Å². The summed E-state index contributed by atoms with van der Waals surface area (Å²) in [6, 6.07) is 4.69. The molecular formula is C8H11ClN2O. The van der Waals surface area contributed by atoms with Crippen molar-refractivity contribution in [3.63, 3.8) is 0 Å². The maximum atomic E-state index is 9.16. The normalized spacial score (nSPS) is 15.7. The molecule has 0 bridgehead atoms. The van der Waals surface area contributed by atoms with Crippen LogP contribution in [0.5, 0.6) is 0 Å². The minimum Gasteiger partial charge on any atom is -0.391 e. The van der Waals surface area contributed by atoms with Crippen molar-refractivity contribution in [1.82, 2.24) is 4.98 Å². The van der Waals surface area contributed by atoms with Crippen LogP contribution < -0.4 is 5.73 Å². The molecule has 3 N–H and O–H groups in total. The molecule has 0 saturated carbocycles. The monoisotopic (exact) mass is 186 g/mol. The summed E-state index contributed by atoms with van der Waals surface area (Å²) in [5, 5.41) is 9.55. The molecule has 0 spiro atoms. The number of aliphatic hydroxyl groups is 1. The Bertz CT molecular complexity index is 265. The maximum Gasteiger partial charge on any atom is 0.129 e. The minimum atomic E-state index is -0.615. The number of pyridine rings is 1. The Labute approximate surface area is 76.2 Å². The Morgan fingerprint density at radius 3 is 2.75 bits per heavy atom. The number of hydrogen-bond donors (Lipinski definition) is 2. The molecule has 0 aliphatic rings. The molecule has 4 heteroatoms. The van der Waals surface area contributed by atoms with E-state index in [9.17, 15) is 0 Å². The molecule has 3 nitrogen and oxygen atoms in total. The lowest BCUT2D eigenvalue weighted by Gasteiger charge is -2.13. The van der Waals surface area contributed by atoms with Gasteiger partial charge in [-0.25, -0.2) is 4.98 Å². The first-order chi connectivity index (χ1) is 5.61. The van der Waals surface area contributed by atoms with E-state index >= 15 is 0 Å². The number of rotatable bonds is 2. The van der Waals surface area contributed by atoms with Gasteiger partial charge in [-0.2, -0.15) is 0 Å². The van der Waals surface area contributed by atoms with Gasteiger partial charge in [0.15, 0.2) is 0 Å². The Kier molecular flexibility index (Phi) is 3.03. The van der Waals surface area contributed by atoms with E-state index in [1.165, 1.54) is 0 Å². The predicted molar refractivity (Wildman–Crippen MR) is 47.9 cm³/mol. The molecule has 12 heavy (non-hydrogen) atoms. The van der Waals surface area contributed by atoms with Crippen molar-refractivity contribution in [2.45, 2.75) is 19.1 Å². The van der Waals surface area contributed by atoms with Crippen molar-refractivity contribution in [2.75, 3.05) is 0 Å². The third-order valence-corrected chi connectivity index (χ3v) is 1.81. The largest absolute Gasteiger partial charge is 0.391 e. The molecule has 0 saturated heterocycles. The maximum absolute atomic E-state index is 9.16. The molecule has 1 aromatic rings. The van der Waals surface area contributed by atoms with Gasteiger partial charge in [-0.15, -0.1) is 0 Å². The average molecular weight is 187 g/mol. The van der Waals surface area contributed by atoms with Crippen molar-refractivity contribution < 1.29 is 5.11 Å². The SMILES string of the molecule is C[C@H](O)[C@@H](N)c1cccc(Cl)n1. The average Bonchev–Trinajstić information content (AvgIpc) is 2.03. The molecule has 1 heterocycles. The van der Waals surface area contributed by atoms with Gasteiger partial charge in [-0.1, -0.05) is 17.7 Å². The number of halogens is 1. The third kappa shape index (κ3) is 2.17. The second kappa shape index (κ2) is 3.85. The Morgan fingerprint density at radius 2 is 2.25 bits per heavy atom. The van der Waals surface area contributed by atoms with E-state index in [1.54, 1.807) is 25.1 Å². The molecule has 0 aliphatic carbocycles. The Balaban J connectivity index is 2.88. The van der Waals surface area contributed by atoms with Crippen LogP contribution in [0.15, 0.2) is 18.2 Å². The van der Waals surface area contributed by atoms with Gasteiger partial charge in [-0.05, 0) is 19.1 Å². The topological polar surface area (TPSA) is 59.1 Å². The molecule has 2 atom stereocenters. The van der Waals surface area contributed by atoms with E-state index in [1.807, 2.05) is 0 Å². The lowest BCUT2D eigenvalue weighted by atomic mass is 10.1. The fraction of sp³-hybridized carbons (Fsp3) is 0.375. The molecule has 1 rings (SSSR count). The zero-order chi connectivity index (χ0) is 9.14. The van der Waals surface area contributed by atoms with Crippen LogP contribution >= 0.6 is 11.6 Å². The van der Waals surface area contributed by atoms with Crippen molar-refractivity contribution in [2.24, 2.45) is 5.73 Å². The van der Waals surface area contributed by atoms with Crippen molar-refractivity contribution in [3.05, 3.63) is 29.0 Å².